The van der Waals surface area contributed by atoms with Crippen LogP contribution in [-0.2, 0) is 11.2 Å². The number of carbonyl (C=O) groups is 2. The van der Waals surface area contributed by atoms with E-state index < -0.39 is 0 Å². The fraction of sp³-hybridized carbons (Fsp3) is 0.227. The Hall–Kier alpha value is -3.06. The maximum Gasteiger partial charge on any atom is 0.266 e. The van der Waals surface area contributed by atoms with Gasteiger partial charge >= 0.3 is 0 Å². The third kappa shape index (κ3) is 5.48. The molecule has 0 saturated heterocycles. The van der Waals surface area contributed by atoms with E-state index in [0.717, 1.165) is 16.1 Å². The first-order valence-corrected chi connectivity index (χ1v) is 9.96. The Kier molecular flexibility index (Phi) is 6.39. The Morgan fingerprint density at radius 2 is 1.72 bits per heavy atom. The van der Waals surface area contributed by atoms with Crippen LogP contribution in [0.1, 0.15) is 31.5 Å². The summed E-state index contributed by atoms with van der Waals surface area (Å²) in [5, 5.41) is 3.56. The van der Waals surface area contributed by atoms with Crippen molar-refractivity contribution in [3.8, 4) is 0 Å². The highest BCUT2D eigenvalue weighted by atomic mass is 32.1. The van der Waals surface area contributed by atoms with Gasteiger partial charge in [-0.3, -0.25) is 9.59 Å². The number of likely N-dealkylation sites (N-methyl/N-ethyl adjacent to an activating group) is 1. The number of hydrogen-bond acceptors (Lipinski definition) is 4. The molecule has 1 heterocycles. The van der Waals surface area contributed by atoms with Crippen LogP contribution in [0.25, 0.3) is 0 Å². The minimum absolute atomic E-state index is 0.0582. The highest BCUT2D eigenvalue weighted by Gasteiger charge is 2.21. The van der Waals surface area contributed by atoms with Crippen molar-refractivity contribution in [1.29, 1.82) is 0 Å². The van der Waals surface area contributed by atoms with E-state index in [1.54, 1.807) is 26.1 Å². The van der Waals surface area contributed by atoms with Gasteiger partial charge in [0.05, 0.1) is 17.2 Å². The summed E-state index contributed by atoms with van der Waals surface area (Å²) < 4.78 is 13.1. The van der Waals surface area contributed by atoms with Gasteiger partial charge in [0.1, 0.15) is 10.7 Å². The molecule has 3 rings (SSSR count). The van der Waals surface area contributed by atoms with Crippen LogP contribution in [0.5, 0.6) is 0 Å². The first-order valence-electron chi connectivity index (χ1n) is 9.14. The van der Waals surface area contributed by atoms with E-state index in [1.165, 1.54) is 28.4 Å². The lowest BCUT2D eigenvalue weighted by Gasteiger charge is -2.16. The number of thiazole rings is 1. The van der Waals surface area contributed by atoms with Crippen LogP contribution in [-0.4, -0.2) is 35.3 Å². The Morgan fingerprint density at radius 3 is 2.38 bits per heavy atom. The number of hydrogen-bond donors (Lipinski definition) is 1. The molecule has 0 bridgehead atoms. The SMILES string of the molecule is Cc1ccc(NC(=O)CN(C)C(=O)c2sc(Cc3ccc(F)cc3)nc2C)cc1. The molecule has 5 nitrogen and oxygen atoms in total. The van der Waals surface area contributed by atoms with Crippen LogP contribution in [0.15, 0.2) is 48.5 Å². The van der Waals surface area contributed by atoms with Crippen LogP contribution in [0, 0.1) is 19.7 Å². The quantitative estimate of drug-likeness (QED) is 0.661. The molecule has 0 radical (unpaired) electrons. The second-order valence-corrected chi connectivity index (χ2v) is 7.98. The van der Waals surface area contributed by atoms with Gasteiger partial charge in [-0.25, -0.2) is 9.37 Å². The van der Waals surface area contributed by atoms with E-state index in [-0.39, 0.29) is 24.2 Å². The molecule has 150 valence electrons. The molecular formula is C22H22FN3O2S. The molecule has 0 unspecified atom stereocenters. The highest BCUT2D eigenvalue weighted by molar-refractivity contribution is 7.13. The van der Waals surface area contributed by atoms with Crippen molar-refractivity contribution < 1.29 is 14.0 Å². The zero-order chi connectivity index (χ0) is 21.0. The third-order valence-electron chi connectivity index (χ3n) is 4.37. The van der Waals surface area contributed by atoms with E-state index in [2.05, 4.69) is 10.3 Å². The number of amides is 2. The van der Waals surface area contributed by atoms with Crippen molar-refractivity contribution in [1.82, 2.24) is 9.88 Å². The van der Waals surface area contributed by atoms with Crippen LogP contribution >= 0.6 is 11.3 Å². The molecule has 0 fully saturated rings. The second kappa shape index (κ2) is 8.96. The molecule has 29 heavy (non-hydrogen) atoms. The van der Waals surface area contributed by atoms with Crippen molar-refractivity contribution in [2.24, 2.45) is 0 Å². The lowest BCUT2D eigenvalue weighted by molar-refractivity contribution is -0.116. The predicted octanol–water partition coefficient (Wildman–Crippen LogP) is 4.20. The van der Waals surface area contributed by atoms with Crippen molar-refractivity contribution in [2.45, 2.75) is 20.3 Å². The number of aromatic nitrogens is 1. The summed E-state index contributed by atoms with van der Waals surface area (Å²) in [5.41, 5.74) is 3.34. The minimum atomic E-state index is -0.287. The van der Waals surface area contributed by atoms with Crippen LogP contribution < -0.4 is 5.32 Å². The summed E-state index contributed by atoms with van der Waals surface area (Å²) in [5.74, 6) is -0.798. The van der Waals surface area contributed by atoms with Gasteiger partial charge in [-0.05, 0) is 43.7 Å². The van der Waals surface area contributed by atoms with E-state index in [1.807, 2.05) is 31.2 Å². The molecule has 0 saturated carbocycles. The van der Waals surface area contributed by atoms with Gasteiger partial charge in [-0.2, -0.15) is 0 Å². The summed E-state index contributed by atoms with van der Waals surface area (Å²) in [6, 6.07) is 13.7. The van der Waals surface area contributed by atoms with Crippen molar-refractivity contribution >= 4 is 28.8 Å². The molecule has 2 aromatic carbocycles. The standard InChI is InChI=1S/C22H22FN3O2S/c1-14-4-10-18(11-5-14)25-19(27)13-26(3)22(28)21-15(2)24-20(29-21)12-16-6-8-17(23)9-7-16/h4-11H,12-13H2,1-3H3,(H,25,27). The molecule has 1 aromatic heterocycles. The second-order valence-electron chi connectivity index (χ2n) is 6.90. The van der Waals surface area contributed by atoms with Gasteiger partial charge in [-0.1, -0.05) is 29.8 Å². The first-order chi connectivity index (χ1) is 13.8. The van der Waals surface area contributed by atoms with Gasteiger partial charge in [-0.15, -0.1) is 11.3 Å². The van der Waals surface area contributed by atoms with E-state index in [9.17, 15) is 14.0 Å². The summed E-state index contributed by atoms with van der Waals surface area (Å²) in [6.07, 6.45) is 0.524. The molecule has 2 amide bonds. The monoisotopic (exact) mass is 411 g/mol. The lowest BCUT2D eigenvalue weighted by Crippen LogP contribution is -2.34. The number of benzene rings is 2. The van der Waals surface area contributed by atoms with Gasteiger partial charge in [0.2, 0.25) is 5.91 Å². The smallest absolute Gasteiger partial charge is 0.266 e. The zero-order valence-electron chi connectivity index (χ0n) is 16.5. The Labute approximate surface area is 173 Å². The number of rotatable bonds is 6. The fourth-order valence-electron chi connectivity index (χ4n) is 2.80. The maximum absolute atomic E-state index is 13.1. The Morgan fingerprint density at radius 1 is 1.07 bits per heavy atom. The zero-order valence-corrected chi connectivity index (χ0v) is 17.3. The average Bonchev–Trinajstić information content (AvgIpc) is 3.04. The van der Waals surface area contributed by atoms with Crippen molar-refractivity contribution in [2.75, 3.05) is 18.9 Å². The van der Waals surface area contributed by atoms with Gasteiger partial charge in [0.25, 0.3) is 5.91 Å². The van der Waals surface area contributed by atoms with E-state index in [4.69, 9.17) is 0 Å². The van der Waals surface area contributed by atoms with E-state index in [0.29, 0.717) is 22.7 Å². The maximum atomic E-state index is 13.1. The number of nitrogens with one attached hydrogen (secondary N) is 1. The minimum Gasteiger partial charge on any atom is -0.332 e. The Bertz CT molecular complexity index is 1010. The number of nitrogens with zero attached hydrogens (tertiary/aromatic N) is 2. The molecule has 3 aromatic rings. The number of anilines is 1. The summed E-state index contributed by atoms with van der Waals surface area (Å²) in [4.78, 5) is 31.4. The van der Waals surface area contributed by atoms with E-state index >= 15 is 0 Å². The average molecular weight is 412 g/mol. The number of halogens is 1. The first kappa shape index (κ1) is 20.7. The van der Waals surface area contributed by atoms with Gasteiger partial charge < -0.3 is 10.2 Å². The molecular weight excluding hydrogens is 389 g/mol. The Balaban J connectivity index is 1.62. The highest BCUT2D eigenvalue weighted by Crippen LogP contribution is 2.22. The molecule has 0 aliphatic heterocycles. The summed E-state index contributed by atoms with van der Waals surface area (Å²) >= 11 is 1.30. The molecule has 7 heteroatoms. The van der Waals surface area contributed by atoms with Crippen LogP contribution in [0.4, 0.5) is 10.1 Å². The predicted molar refractivity (Wildman–Crippen MR) is 113 cm³/mol. The number of aryl methyl sites for hydroxylation is 2. The van der Waals surface area contributed by atoms with Gasteiger partial charge in [0, 0.05) is 19.2 Å². The summed E-state index contributed by atoms with van der Waals surface area (Å²) in [7, 11) is 1.59. The third-order valence-corrected chi connectivity index (χ3v) is 5.51. The largest absolute Gasteiger partial charge is 0.332 e. The number of carbonyl (C=O) groups excluding carboxylic acids is 2. The summed E-state index contributed by atoms with van der Waals surface area (Å²) in [6.45, 7) is 3.69. The topological polar surface area (TPSA) is 62.3 Å². The van der Waals surface area contributed by atoms with Crippen LogP contribution in [0.2, 0.25) is 0 Å². The fourth-order valence-corrected chi connectivity index (χ4v) is 3.89. The lowest BCUT2D eigenvalue weighted by atomic mass is 10.1. The normalized spacial score (nSPS) is 10.6. The molecule has 0 aliphatic rings. The van der Waals surface area contributed by atoms with Crippen molar-refractivity contribution in [3.63, 3.8) is 0 Å². The molecule has 0 spiro atoms. The van der Waals surface area contributed by atoms with Crippen LogP contribution in [0.3, 0.4) is 0 Å². The molecule has 0 aliphatic carbocycles. The van der Waals surface area contributed by atoms with Crippen molar-refractivity contribution in [3.05, 3.63) is 81.1 Å². The van der Waals surface area contributed by atoms with Gasteiger partial charge in [0.15, 0.2) is 0 Å². The molecule has 0 atom stereocenters. The molecule has 1 N–H and O–H groups in total.